The lowest BCUT2D eigenvalue weighted by atomic mass is 10.1. The number of H-pyrrole nitrogens is 2. The van der Waals surface area contributed by atoms with Gasteiger partial charge in [-0.25, -0.2) is 14.6 Å². The number of aromatic nitrogens is 3. The summed E-state index contributed by atoms with van der Waals surface area (Å²) in [6, 6.07) is 5.62. The number of benzene rings is 1. The highest BCUT2D eigenvalue weighted by atomic mass is 16.6. The maximum atomic E-state index is 12.7. The van der Waals surface area contributed by atoms with Gasteiger partial charge >= 0.3 is 11.9 Å². The van der Waals surface area contributed by atoms with Crippen molar-refractivity contribution in [1.82, 2.24) is 20.3 Å². The highest BCUT2D eigenvalue weighted by Gasteiger charge is 2.28. The number of fused-ring (bicyclic) bond motifs is 1. The number of hydrogen-bond donors (Lipinski definition) is 3. The monoisotopic (exact) mass is 442 g/mol. The molecule has 0 fully saturated rings. The predicted octanol–water partition coefficient (Wildman–Crippen LogP) is 3.49. The van der Waals surface area contributed by atoms with Crippen LogP contribution in [0.25, 0.3) is 11.0 Å². The summed E-state index contributed by atoms with van der Waals surface area (Å²) in [6.45, 7) is 8.01. The summed E-state index contributed by atoms with van der Waals surface area (Å²) in [5, 5.41) is 3.26. The van der Waals surface area contributed by atoms with E-state index in [-0.39, 0.29) is 5.69 Å². The summed E-state index contributed by atoms with van der Waals surface area (Å²) in [5.41, 5.74) is 2.83. The minimum atomic E-state index is -0.652. The number of carbonyl (C=O) groups excluding carboxylic acids is 2. The zero-order valence-corrected chi connectivity index (χ0v) is 19.3. The van der Waals surface area contributed by atoms with Gasteiger partial charge in [0.1, 0.15) is 22.9 Å². The second kappa shape index (κ2) is 9.44. The number of nitrogens with one attached hydrogen (secondary N) is 3. The van der Waals surface area contributed by atoms with Gasteiger partial charge in [0.15, 0.2) is 0 Å². The predicted molar refractivity (Wildman–Crippen MR) is 120 cm³/mol. The molecule has 9 heteroatoms. The number of methoxy groups -OCH3 is 2. The first kappa shape index (κ1) is 23.3. The van der Waals surface area contributed by atoms with E-state index in [4.69, 9.17) is 14.2 Å². The van der Waals surface area contributed by atoms with E-state index in [1.165, 1.54) is 7.11 Å². The number of rotatable bonds is 8. The standard InChI is InChI=1S/C23H30N4O5/c1-7-14-19(21(28)31-6)17(27-20(14)22(29)32-23(2,3)4)11-24-12-18-25-15-9-8-13(30-5)10-16(15)26-18/h8-10,24,27H,7,11-12H2,1-6H3,(H,25,26). The van der Waals surface area contributed by atoms with Crippen molar-refractivity contribution in [1.29, 1.82) is 0 Å². The first-order chi connectivity index (χ1) is 15.2. The topological polar surface area (TPSA) is 118 Å². The molecule has 0 saturated carbocycles. The lowest BCUT2D eigenvalue weighted by molar-refractivity contribution is 0.00621. The molecule has 0 aliphatic heterocycles. The molecule has 0 aliphatic rings. The molecule has 0 atom stereocenters. The average Bonchev–Trinajstić information content (AvgIpc) is 3.32. The highest BCUT2D eigenvalue weighted by molar-refractivity contribution is 5.98. The van der Waals surface area contributed by atoms with Gasteiger partial charge in [-0.2, -0.15) is 0 Å². The zero-order chi connectivity index (χ0) is 23.5. The van der Waals surface area contributed by atoms with E-state index < -0.39 is 17.5 Å². The van der Waals surface area contributed by atoms with Crippen LogP contribution in [0.5, 0.6) is 5.75 Å². The maximum Gasteiger partial charge on any atom is 0.355 e. The molecule has 0 amide bonds. The second-order valence-corrected chi connectivity index (χ2v) is 8.35. The van der Waals surface area contributed by atoms with Crippen LogP contribution in [0.3, 0.4) is 0 Å². The third-order valence-corrected chi connectivity index (χ3v) is 4.86. The van der Waals surface area contributed by atoms with E-state index in [1.807, 2.05) is 25.1 Å². The Kier molecular flexibility index (Phi) is 6.88. The number of aromatic amines is 2. The van der Waals surface area contributed by atoms with Crippen LogP contribution in [-0.2, 0) is 29.0 Å². The molecule has 172 valence electrons. The summed E-state index contributed by atoms with van der Waals surface area (Å²) >= 11 is 0. The van der Waals surface area contributed by atoms with Crippen molar-refractivity contribution in [3.8, 4) is 5.75 Å². The van der Waals surface area contributed by atoms with Gasteiger partial charge in [-0.1, -0.05) is 6.92 Å². The highest BCUT2D eigenvalue weighted by Crippen LogP contribution is 2.24. The summed E-state index contributed by atoms with van der Waals surface area (Å²) < 4.78 is 15.7. The molecule has 1 aromatic carbocycles. The molecule has 3 rings (SSSR count). The molecule has 0 spiro atoms. The van der Waals surface area contributed by atoms with Crippen LogP contribution in [0.4, 0.5) is 0 Å². The van der Waals surface area contributed by atoms with Crippen LogP contribution in [-0.4, -0.2) is 46.7 Å². The molecule has 9 nitrogen and oxygen atoms in total. The number of hydrogen-bond acceptors (Lipinski definition) is 7. The van der Waals surface area contributed by atoms with Gasteiger partial charge in [-0.3, -0.25) is 0 Å². The molecular weight excluding hydrogens is 412 g/mol. The van der Waals surface area contributed by atoms with Crippen molar-refractivity contribution in [3.63, 3.8) is 0 Å². The SMILES string of the molecule is CCc1c(C(=O)OC(C)(C)C)[nH]c(CNCc2nc3ccc(OC)cc3[nH]2)c1C(=O)OC. The lowest BCUT2D eigenvalue weighted by Gasteiger charge is -2.19. The average molecular weight is 443 g/mol. The van der Waals surface area contributed by atoms with E-state index >= 15 is 0 Å². The Hall–Kier alpha value is -3.33. The van der Waals surface area contributed by atoms with E-state index in [0.29, 0.717) is 36.3 Å². The molecular formula is C23H30N4O5. The molecule has 3 N–H and O–H groups in total. The van der Waals surface area contributed by atoms with E-state index in [9.17, 15) is 9.59 Å². The Labute approximate surface area is 186 Å². The first-order valence-corrected chi connectivity index (χ1v) is 10.5. The molecule has 0 aliphatic carbocycles. The van der Waals surface area contributed by atoms with Crippen LogP contribution in [0.1, 0.15) is 65.6 Å². The fourth-order valence-electron chi connectivity index (χ4n) is 3.49. The Morgan fingerprint density at radius 2 is 1.84 bits per heavy atom. The first-order valence-electron chi connectivity index (χ1n) is 10.5. The summed E-state index contributed by atoms with van der Waals surface area (Å²) in [6.07, 6.45) is 0.473. The van der Waals surface area contributed by atoms with Crippen molar-refractivity contribution in [3.05, 3.63) is 46.5 Å². The Morgan fingerprint density at radius 1 is 1.09 bits per heavy atom. The largest absolute Gasteiger partial charge is 0.497 e. The van der Waals surface area contributed by atoms with Crippen LogP contribution in [0.2, 0.25) is 0 Å². The van der Waals surface area contributed by atoms with Gasteiger partial charge in [0.2, 0.25) is 0 Å². The van der Waals surface area contributed by atoms with Gasteiger partial charge in [0, 0.05) is 18.3 Å². The number of esters is 2. The molecule has 0 saturated heterocycles. The van der Waals surface area contributed by atoms with Crippen molar-refractivity contribution in [2.24, 2.45) is 0 Å². The lowest BCUT2D eigenvalue weighted by Crippen LogP contribution is -2.24. The molecule has 0 bridgehead atoms. The zero-order valence-electron chi connectivity index (χ0n) is 19.3. The number of ether oxygens (including phenoxy) is 3. The van der Waals surface area contributed by atoms with Crippen molar-refractivity contribution in [2.45, 2.75) is 52.8 Å². The molecule has 0 unspecified atom stereocenters. The number of nitrogens with zero attached hydrogens (tertiary/aromatic N) is 1. The summed E-state index contributed by atoms with van der Waals surface area (Å²) in [5.74, 6) is 0.483. The van der Waals surface area contributed by atoms with Crippen LogP contribution in [0, 0.1) is 0 Å². The maximum absolute atomic E-state index is 12.7. The molecule has 3 aromatic rings. The van der Waals surface area contributed by atoms with Crippen molar-refractivity contribution in [2.75, 3.05) is 14.2 Å². The van der Waals surface area contributed by atoms with Crippen molar-refractivity contribution < 1.29 is 23.8 Å². The smallest absolute Gasteiger partial charge is 0.355 e. The number of carbonyl (C=O) groups is 2. The van der Waals surface area contributed by atoms with Crippen LogP contribution in [0.15, 0.2) is 18.2 Å². The van der Waals surface area contributed by atoms with Gasteiger partial charge in [-0.15, -0.1) is 0 Å². The summed E-state index contributed by atoms with van der Waals surface area (Å²) in [7, 11) is 2.94. The van der Waals surface area contributed by atoms with Gasteiger partial charge in [0.05, 0.1) is 37.4 Å². The molecule has 2 aromatic heterocycles. The second-order valence-electron chi connectivity index (χ2n) is 8.35. The Bertz CT molecular complexity index is 1120. The van der Waals surface area contributed by atoms with Crippen LogP contribution >= 0.6 is 0 Å². The van der Waals surface area contributed by atoms with E-state index in [1.54, 1.807) is 27.9 Å². The molecule has 0 radical (unpaired) electrons. The fourth-order valence-corrected chi connectivity index (χ4v) is 3.49. The summed E-state index contributed by atoms with van der Waals surface area (Å²) in [4.78, 5) is 36.1. The minimum absolute atomic E-state index is 0.274. The molecule has 2 heterocycles. The van der Waals surface area contributed by atoms with E-state index in [2.05, 4.69) is 20.3 Å². The Balaban J connectivity index is 1.81. The van der Waals surface area contributed by atoms with E-state index in [0.717, 1.165) is 22.6 Å². The molecule has 32 heavy (non-hydrogen) atoms. The third-order valence-electron chi connectivity index (χ3n) is 4.86. The number of imidazole rings is 1. The van der Waals surface area contributed by atoms with Crippen molar-refractivity contribution >= 4 is 23.0 Å². The van der Waals surface area contributed by atoms with Gasteiger partial charge in [0.25, 0.3) is 0 Å². The third kappa shape index (κ3) is 5.11. The van der Waals surface area contributed by atoms with Gasteiger partial charge < -0.3 is 29.5 Å². The minimum Gasteiger partial charge on any atom is -0.497 e. The fraction of sp³-hybridized carbons (Fsp3) is 0.435. The normalized spacial score (nSPS) is 11.6. The van der Waals surface area contributed by atoms with Gasteiger partial charge in [-0.05, 0) is 44.9 Å². The Morgan fingerprint density at radius 3 is 2.47 bits per heavy atom. The quantitative estimate of drug-likeness (QED) is 0.457. The van der Waals surface area contributed by atoms with Crippen LogP contribution < -0.4 is 10.1 Å².